The number of anilines is 1. The molecule has 1 N–H and O–H groups in total. The molecule has 0 atom stereocenters. The highest BCUT2D eigenvalue weighted by Gasteiger charge is 2.22. The Labute approximate surface area is 144 Å². The topological polar surface area (TPSA) is 64.1 Å². The number of halogens is 1. The number of thiophene rings is 1. The number of fused-ring (bicyclic) bond motifs is 1. The lowest BCUT2D eigenvalue weighted by Gasteiger charge is -2.17. The molecule has 1 aliphatic carbocycles. The summed E-state index contributed by atoms with van der Waals surface area (Å²) in [5.41, 5.74) is 0.852. The zero-order valence-electron chi connectivity index (χ0n) is 13.3. The van der Waals surface area contributed by atoms with Crippen LogP contribution in [0.4, 0.5) is 5.82 Å². The predicted molar refractivity (Wildman–Crippen MR) is 93.6 cm³/mol. The van der Waals surface area contributed by atoms with Crippen LogP contribution in [0.25, 0.3) is 10.2 Å². The summed E-state index contributed by atoms with van der Waals surface area (Å²) in [4.78, 5) is 21.9. The summed E-state index contributed by atoms with van der Waals surface area (Å²) in [5.74, 6) is 0.387. The molecule has 23 heavy (non-hydrogen) atoms. The summed E-state index contributed by atoms with van der Waals surface area (Å²) in [5, 5.41) is 4.61. The van der Waals surface area contributed by atoms with Crippen LogP contribution in [0.5, 0.6) is 0 Å². The van der Waals surface area contributed by atoms with Crippen LogP contribution in [0.3, 0.4) is 0 Å². The molecule has 0 spiro atoms. The summed E-state index contributed by atoms with van der Waals surface area (Å²) >= 11 is 7.38. The second-order valence-corrected chi connectivity index (χ2v) is 7.24. The van der Waals surface area contributed by atoms with Crippen LogP contribution in [0.2, 0.25) is 5.28 Å². The Morgan fingerprint density at radius 2 is 1.96 bits per heavy atom. The molecule has 0 saturated heterocycles. The molecular weight excluding hydrogens is 334 g/mol. The summed E-state index contributed by atoms with van der Waals surface area (Å²) in [7, 11) is 1.38. The molecule has 0 radical (unpaired) electrons. The van der Waals surface area contributed by atoms with Gasteiger partial charge in [-0.05, 0) is 36.9 Å². The van der Waals surface area contributed by atoms with Crippen molar-refractivity contribution in [1.29, 1.82) is 0 Å². The van der Waals surface area contributed by atoms with Gasteiger partial charge in [0.05, 0.1) is 12.5 Å². The van der Waals surface area contributed by atoms with Gasteiger partial charge < -0.3 is 10.1 Å². The van der Waals surface area contributed by atoms with E-state index in [-0.39, 0.29) is 11.3 Å². The van der Waals surface area contributed by atoms with Gasteiger partial charge in [-0.1, -0.05) is 25.7 Å². The molecule has 0 amide bonds. The van der Waals surface area contributed by atoms with Gasteiger partial charge in [0.25, 0.3) is 0 Å². The SMILES string of the molecule is COC(=O)c1sc2nc(Cl)nc(NC3CCCCCC3)c2c1C. The van der Waals surface area contributed by atoms with Crippen LogP contribution < -0.4 is 5.32 Å². The third kappa shape index (κ3) is 3.43. The number of methoxy groups -OCH3 is 1. The van der Waals surface area contributed by atoms with E-state index in [4.69, 9.17) is 16.3 Å². The fourth-order valence-corrected chi connectivity index (χ4v) is 4.44. The first-order valence-electron chi connectivity index (χ1n) is 7.91. The average Bonchev–Trinajstić information content (AvgIpc) is 2.71. The number of aryl methyl sites for hydroxylation is 1. The molecule has 5 nitrogen and oxygen atoms in total. The summed E-state index contributed by atoms with van der Waals surface area (Å²) in [6.45, 7) is 1.90. The minimum atomic E-state index is -0.345. The number of nitrogens with one attached hydrogen (secondary N) is 1. The maximum atomic E-state index is 11.9. The third-order valence-electron chi connectivity index (χ3n) is 4.33. The number of aromatic nitrogens is 2. The minimum Gasteiger partial charge on any atom is -0.465 e. The number of hydrogen-bond donors (Lipinski definition) is 1. The zero-order chi connectivity index (χ0) is 16.4. The molecule has 1 saturated carbocycles. The van der Waals surface area contributed by atoms with E-state index in [1.165, 1.54) is 44.1 Å². The number of carbonyl (C=O) groups is 1. The van der Waals surface area contributed by atoms with Crippen molar-refractivity contribution >= 4 is 44.9 Å². The van der Waals surface area contributed by atoms with Gasteiger partial charge in [0.1, 0.15) is 15.5 Å². The molecule has 0 unspecified atom stereocenters. The minimum absolute atomic E-state index is 0.200. The monoisotopic (exact) mass is 353 g/mol. The number of nitrogens with zero attached hydrogens (tertiary/aromatic N) is 2. The van der Waals surface area contributed by atoms with Crippen LogP contribution in [-0.2, 0) is 4.74 Å². The molecule has 124 valence electrons. The van der Waals surface area contributed by atoms with E-state index in [0.29, 0.717) is 10.9 Å². The Hall–Kier alpha value is -1.40. The fraction of sp³-hybridized carbons (Fsp3) is 0.562. The largest absolute Gasteiger partial charge is 0.465 e. The van der Waals surface area contributed by atoms with Crippen molar-refractivity contribution in [3.8, 4) is 0 Å². The normalized spacial score (nSPS) is 16.3. The Bertz CT molecular complexity index is 724. The maximum absolute atomic E-state index is 11.9. The van der Waals surface area contributed by atoms with Crippen LogP contribution in [0, 0.1) is 6.92 Å². The van der Waals surface area contributed by atoms with Gasteiger partial charge in [-0.25, -0.2) is 14.8 Å². The van der Waals surface area contributed by atoms with E-state index in [0.717, 1.165) is 34.4 Å². The smallest absolute Gasteiger partial charge is 0.348 e. The number of esters is 1. The molecule has 7 heteroatoms. The van der Waals surface area contributed by atoms with E-state index in [1.54, 1.807) is 0 Å². The van der Waals surface area contributed by atoms with Gasteiger partial charge in [-0.3, -0.25) is 0 Å². The van der Waals surface area contributed by atoms with Gasteiger partial charge in [0.15, 0.2) is 0 Å². The molecule has 1 fully saturated rings. The predicted octanol–water partition coefficient (Wildman–Crippen LogP) is 4.57. The molecule has 3 rings (SSSR count). The third-order valence-corrected chi connectivity index (χ3v) is 5.66. The van der Waals surface area contributed by atoms with Crippen molar-refractivity contribution in [1.82, 2.24) is 9.97 Å². The van der Waals surface area contributed by atoms with E-state index in [2.05, 4.69) is 15.3 Å². The first-order valence-corrected chi connectivity index (χ1v) is 9.11. The van der Waals surface area contributed by atoms with E-state index in [9.17, 15) is 4.79 Å². The lowest BCUT2D eigenvalue weighted by Crippen LogP contribution is -2.19. The van der Waals surface area contributed by atoms with Crippen molar-refractivity contribution < 1.29 is 9.53 Å². The van der Waals surface area contributed by atoms with Gasteiger partial charge in [-0.15, -0.1) is 11.3 Å². The number of hydrogen-bond acceptors (Lipinski definition) is 6. The first kappa shape index (κ1) is 16.5. The number of carbonyl (C=O) groups excluding carboxylic acids is 1. The molecule has 2 aromatic rings. The standard InChI is InChI=1S/C16H20ClN3O2S/c1-9-11-13(18-10-7-5-3-4-6-8-10)19-16(17)20-14(11)23-12(9)15(21)22-2/h10H,3-8H2,1-2H3,(H,18,19,20). The summed E-state index contributed by atoms with van der Waals surface area (Å²) in [6.07, 6.45) is 7.32. The van der Waals surface area contributed by atoms with Gasteiger partial charge in [0.2, 0.25) is 5.28 Å². The maximum Gasteiger partial charge on any atom is 0.348 e. The Morgan fingerprint density at radius 3 is 2.61 bits per heavy atom. The first-order chi connectivity index (χ1) is 11.1. The molecule has 0 aromatic carbocycles. The second kappa shape index (κ2) is 7.01. The Balaban J connectivity index is 2.01. The molecular formula is C16H20ClN3O2S. The van der Waals surface area contributed by atoms with Crippen LogP contribution >= 0.6 is 22.9 Å². The lowest BCUT2D eigenvalue weighted by atomic mass is 10.1. The number of rotatable bonds is 3. The van der Waals surface area contributed by atoms with E-state index < -0.39 is 0 Å². The number of ether oxygens (including phenoxy) is 1. The Kier molecular flexibility index (Phi) is 5.02. The van der Waals surface area contributed by atoms with Gasteiger partial charge >= 0.3 is 5.97 Å². The molecule has 2 aromatic heterocycles. The van der Waals surface area contributed by atoms with E-state index in [1.807, 2.05) is 6.92 Å². The van der Waals surface area contributed by atoms with Crippen LogP contribution in [0.1, 0.15) is 53.8 Å². The van der Waals surface area contributed by atoms with Crippen molar-refractivity contribution in [2.75, 3.05) is 12.4 Å². The van der Waals surface area contributed by atoms with Crippen molar-refractivity contribution in [2.45, 2.75) is 51.5 Å². The van der Waals surface area contributed by atoms with Gasteiger partial charge in [0, 0.05) is 6.04 Å². The second-order valence-electron chi connectivity index (χ2n) is 5.90. The molecule has 0 aliphatic heterocycles. The fourth-order valence-electron chi connectivity index (χ4n) is 3.12. The molecule has 2 heterocycles. The molecule has 0 bridgehead atoms. The van der Waals surface area contributed by atoms with E-state index >= 15 is 0 Å². The Morgan fingerprint density at radius 1 is 1.26 bits per heavy atom. The lowest BCUT2D eigenvalue weighted by molar-refractivity contribution is 0.0605. The van der Waals surface area contributed by atoms with Crippen molar-refractivity contribution in [3.63, 3.8) is 0 Å². The van der Waals surface area contributed by atoms with Gasteiger partial charge in [-0.2, -0.15) is 0 Å². The highest BCUT2D eigenvalue weighted by atomic mass is 35.5. The average molecular weight is 354 g/mol. The quantitative estimate of drug-likeness (QED) is 0.497. The van der Waals surface area contributed by atoms with Crippen molar-refractivity contribution in [2.24, 2.45) is 0 Å². The molecule has 1 aliphatic rings. The summed E-state index contributed by atoms with van der Waals surface area (Å²) in [6, 6.07) is 0.396. The highest BCUT2D eigenvalue weighted by molar-refractivity contribution is 7.20. The zero-order valence-corrected chi connectivity index (χ0v) is 14.9. The van der Waals surface area contributed by atoms with Crippen LogP contribution in [-0.4, -0.2) is 29.1 Å². The van der Waals surface area contributed by atoms with Crippen LogP contribution in [0.15, 0.2) is 0 Å². The highest BCUT2D eigenvalue weighted by Crippen LogP contribution is 2.36. The summed E-state index contributed by atoms with van der Waals surface area (Å²) < 4.78 is 4.85. The van der Waals surface area contributed by atoms with Crippen molar-refractivity contribution in [3.05, 3.63) is 15.7 Å².